The molecule has 4 nitrogen and oxygen atoms in total. The van der Waals surface area contributed by atoms with Gasteiger partial charge in [0.05, 0.1) is 20.6 Å². The number of nitrogens with two attached hydrogens (primary N) is 1. The summed E-state index contributed by atoms with van der Waals surface area (Å²) < 4.78 is 0.426. The van der Waals surface area contributed by atoms with E-state index in [-0.39, 0.29) is 0 Å². The van der Waals surface area contributed by atoms with Gasteiger partial charge >= 0.3 is 0 Å². The fraction of sp³-hybridized carbons (Fsp3) is 0.900. The number of carbonyl (C=O) groups is 1. The van der Waals surface area contributed by atoms with E-state index >= 15 is 0 Å². The maximum absolute atomic E-state index is 10.9. The van der Waals surface area contributed by atoms with Crippen LogP contribution in [0.4, 0.5) is 0 Å². The van der Waals surface area contributed by atoms with E-state index in [1.807, 2.05) is 14.1 Å². The summed E-state index contributed by atoms with van der Waals surface area (Å²) in [5.74, 6) is -1.00. The van der Waals surface area contributed by atoms with Crippen molar-refractivity contribution in [1.29, 1.82) is 0 Å². The van der Waals surface area contributed by atoms with Crippen molar-refractivity contribution in [2.45, 2.75) is 32.2 Å². The Labute approximate surface area is 86.3 Å². The molecule has 0 saturated carbocycles. The number of rotatable bonds is 6. The van der Waals surface area contributed by atoms with Crippen LogP contribution in [0.1, 0.15) is 26.7 Å². The average Bonchev–Trinajstić information content (AvgIpc) is 2.04. The van der Waals surface area contributed by atoms with Gasteiger partial charge in [0.15, 0.2) is 0 Å². The Hall–Kier alpha value is -0.610. The Morgan fingerprint density at radius 3 is 2.21 bits per heavy atom. The molecule has 4 heteroatoms. The fourth-order valence-electron chi connectivity index (χ4n) is 1.18. The molecule has 0 unspecified atom stereocenters. The first-order chi connectivity index (χ1) is 6.25. The second kappa shape index (κ2) is 4.75. The van der Waals surface area contributed by atoms with Gasteiger partial charge in [0.25, 0.3) is 0 Å². The standard InChI is InChI=1S/C10H22N2O2/c1-10(2,9(13)14)12(3,4)8-6-5-7-11/h5-8,11H2,1-4H3. The first kappa shape index (κ1) is 13.4. The van der Waals surface area contributed by atoms with E-state index in [0.29, 0.717) is 11.0 Å². The summed E-state index contributed by atoms with van der Waals surface area (Å²) >= 11 is 0. The van der Waals surface area contributed by atoms with Gasteiger partial charge in [0.2, 0.25) is 0 Å². The Kier molecular flexibility index (Phi) is 4.55. The van der Waals surface area contributed by atoms with Crippen LogP contribution >= 0.6 is 0 Å². The van der Waals surface area contributed by atoms with Gasteiger partial charge in [-0.15, -0.1) is 0 Å². The van der Waals surface area contributed by atoms with Crippen LogP contribution in [-0.2, 0) is 4.79 Å². The normalized spacial score (nSPS) is 12.9. The van der Waals surface area contributed by atoms with E-state index in [9.17, 15) is 9.90 Å². The molecular formula is C10H22N2O2. The third-order valence-electron chi connectivity index (χ3n) is 3.18. The van der Waals surface area contributed by atoms with E-state index < -0.39 is 11.5 Å². The van der Waals surface area contributed by atoms with Crippen molar-refractivity contribution in [2.24, 2.45) is 5.73 Å². The first-order valence-electron chi connectivity index (χ1n) is 5.00. The molecule has 0 aromatic rings. The zero-order valence-electron chi connectivity index (χ0n) is 9.67. The molecule has 84 valence electrons. The Morgan fingerprint density at radius 2 is 1.86 bits per heavy atom. The minimum Gasteiger partial charge on any atom is -0.544 e. The predicted octanol–water partition coefficient (Wildman–Crippen LogP) is -0.670. The van der Waals surface area contributed by atoms with Gasteiger partial charge in [0, 0.05) is 0 Å². The second-order valence-electron chi connectivity index (χ2n) is 4.75. The summed E-state index contributed by atoms with van der Waals surface area (Å²) in [6.07, 6.45) is 1.88. The van der Waals surface area contributed by atoms with Crippen molar-refractivity contribution in [3.8, 4) is 0 Å². The third-order valence-corrected chi connectivity index (χ3v) is 3.18. The summed E-state index contributed by atoms with van der Waals surface area (Å²) in [5.41, 5.74) is 4.54. The van der Waals surface area contributed by atoms with Gasteiger partial charge in [0.1, 0.15) is 11.5 Å². The minimum absolute atomic E-state index is 0.426. The highest BCUT2D eigenvalue weighted by atomic mass is 16.4. The number of hydrogen-bond acceptors (Lipinski definition) is 3. The van der Waals surface area contributed by atoms with Crippen LogP contribution in [0.25, 0.3) is 0 Å². The Balaban J connectivity index is 4.36. The van der Waals surface area contributed by atoms with Crippen LogP contribution < -0.4 is 10.8 Å². The third kappa shape index (κ3) is 2.96. The number of carbonyl (C=O) groups excluding carboxylic acids is 1. The van der Waals surface area contributed by atoms with Gasteiger partial charge in [-0.25, -0.2) is 0 Å². The molecule has 0 atom stereocenters. The number of carboxylic acid groups (broad SMARTS) is 1. The van der Waals surface area contributed by atoms with Crippen LogP contribution in [0.3, 0.4) is 0 Å². The summed E-state index contributed by atoms with van der Waals surface area (Å²) in [6.45, 7) is 4.86. The number of likely N-dealkylation sites (N-methyl/N-ethyl adjacent to an activating group) is 1. The lowest BCUT2D eigenvalue weighted by atomic mass is 10.00. The Bertz CT molecular complexity index is 200. The van der Waals surface area contributed by atoms with E-state index in [1.54, 1.807) is 13.8 Å². The maximum atomic E-state index is 10.9. The maximum Gasteiger partial charge on any atom is 0.133 e. The zero-order valence-corrected chi connectivity index (χ0v) is 9.67. The van der Waals surface area contributed by atoms with Crippen molar-refractivity contribution in [2.75, 3.05) is 27.2 Å². The second-order valence-corrected chi connectivity index (χ2v) is 4.75. The predicted molar refractivity (Wildman–Crippen MR) is 54.3 cm³/mol. The molecule has 14 heavy (non-hydrogen) atoms. The molecule has 2 N–H and O–H groups in total. The van der Waals surface area contributed by atoms with Crippen LogP contribution in [0.15, 0.2) is 0 Å². The van der Waals surface area contributed by atoms with Gasteiger partial charge in [-0.2, -0.15) is 0 Å². The molecule has 0 aromatic heterocycles. The molecule has 0 aliphatic rings. The van der Waals surface area contributed by atoms with Gasteiger partial charge in [-0.1, -0.05) is 0 Å². The van der Waals surface area contributed by atoms with Crippen molar-refractivity contribution in [1.82, 2.24) is 0 Å². The number of nitrogens with zero attached hydrogens (tertiary/aromatic N) is 1. The highest BCUT2D eigenvalue weighted by molar-refractivity contribution is 5.73. The minimum atomic E-state index is -1.00. The average molecular weight is 202 g/mol. The van der Waals surface area contributed by atoms with E-state index in [4.69, 9.17) is 5.73 Å². The highest BCUT2D eigenvalue weighted by Crippen LogP contribution is 2.20. The lowest BCUT2D eigenvalue weighted by Gasteiger charge is -2.45. The summed E-state index contributed by atoms with van der Waals surface area (Å²) in [4.78, 5) is 10.9. The molecule has 0 rings (SSSR count). The van der Waals surface area contributed by atoms with Gasteiger partial charge < -0.3 is 20.1 Å². The largest absolute Gasteiger partial charge is 0.544 e. The van der Waals surface area contributed by atoms with E-state index in [0.717, 1.165) is 19.4 Å². The summed E-state index contributed by atoms with van der Waals surface area (Å²) in [6, 6.07) is 0. The first-order valence-corrected chi connectivity index (χ1v) is 5.00. The van der Waals surface area contributed by atoms with Crippen molar-refractivity contribution < 1.29 is 14.4 Å². The molecule has 0 heterocycles. The van der Waals surface area contributed by atoms with Crippen LogP contribution in [-0.4, -0.2) is 43.2 Å². The molecule has 0 radical (unpaired) electrons. The highest BCUT2D eigenvalue weighted by Gasteiger charge is 2.37. The van der Waals surface area contributed by atoms with Crippen LogP contribution in [0.5, 0.6) is 0 Å². The summed E-state index contributed by atoms with van der Waals surface area (Å²) in [7, 11) is 3.82. The molecule has 0 aliphatic carbocycles. The number of aliphatic carboxylic acids is 1. The molecule has 0 aliphatic heterocycles. The molecule has 0 aromatic carbocycles. The SMILES string of the molecule is CC(C)(C(=O)[O-])[N+](C)(C)CCCCN. The Morgan fingerprint density at radius 1 is 1.36 bits per heavy atom. The van der Waals surface area contributed by atoms with E-state index in [2.05, 4.69) is 0 Å². The smallest absolute Gasteiger partial charge is 0.133 e. The number of hydrogen-bond donors (Lipinski definition) is 1. The molecule has 0 fully saturated rings. The number of carboxylic acids is 1. The summed E-state index contributed by atoms with van der Waals surface area (Å²) in [5, 5.41) is 10.9. The number of quaternary nitrogens is 1. The molecule has 0 saturated heterocycles. The van der Waals surface area contributed by atoms with Crippen LogP contribution in [0, 0.1) is 0 Å². The zero-order chi connectivity index (χ0) is 11.4. The number of unbranched alkanes of at least 4 members (excludes halogenated alkanes) is 1. The fourth-order valence-corrected chi connectivity index (χ4v) is 1.18. The van der Waals surface area contributed by atoms with Gasteiger partial charge in [-0.05, 0) is 33.2 Å². The molecular weight excluding hydrogens is 180 g/mol. The van der Waals surface area contributed by atoms with Gasteiger partial charge in [-0.3, -0.25) is 0 Å². The quantitative estimate of drug-likeness (QED) is 0.459. The topological polar surface area (TPSA) is 66.1 Å². The molecule has 0 spiro atoms. The van der Waals surface area contributed by atoms with Crippen molar-refractivity contribution >= 4 is 5.97 Å². The molecule has 0 bridgehead atoms. The monoisotopic (exact) mass is 202 g/mol. The lowest BCUT2D eigenvalue weighted by molar-refractivity contribution is -0.930. The van der Waals surface area contributed by atoms with Crippen molar-refractivity contribution in [3.05, 3.63) is 0 Å². The van der Waals surface area contributed by atoms with Crippen LogP contribution in [0.2, 0.25) is 0 Å². The van der Waals surface area contributed by atoms with E-state index in [1.165, 1.54) is 0 Å². The molecule has 0 amide bonds. The lowest BCUT2D eigenvalue weighted by Crippen LogP contribution is -2.64. The van der Waals surface area contributed by atoms with Crippen molar-refractivity contribution in [3.63, 3.8) is 0 Å².